The summed E-state index contributed by atoms with van der Waals surface area (Å²) in [6, 6.07) is 4.04. The number of hydrogen-bond acceptors (Lipinski definition) is 4. The van der Waals surface area contributed by atoms with Gasteiger partial charge in [-0.2, -0.15) is 9.61 Å². The van der Waals surface area contributed by atoms with Crippen molar-refractivity contribution in [1.82, 2.24) is 14.6 Å². The minimum Gasteiger partial charge on any atom is -0.383 e. The zero-order valence-electron chi connectivity index (χ0n) is 9.85. The molecule has 2 heterocycles. The first-order chi connectivity index (χ1) is 8.24. The highest BCUT2D eigenvalue weighted by Crippen LogP contribution is 2.14. The lowest BCUT2D eigenvalue weighted by Crippen LogP contribution is -2.27. The van der Waals surface area contributed by atoms with Crippen LogP contribution in [0.1, 0.15) is 5.56 Å². The molecule has 0 spiro atoms. The molecule has 0 aromatic carbocycles. The quantitative estimate of drug-likeness (QED) is 0.826. The number of halogens is 1. The van der Waals surface area contributed by atoms with Gasteiger partial charge in [-0.15, -0.1) is 11.6 Å². The van der Waals surface area contributed by atoms with E-state index in [1.807, 2.05) is 19.1 Å². The molecule has 0 aliphatic rings. The van der Waals surface area contributed by atoms with Crippen LogP contribution in [0.5, 0.6) is 0 Å². The van der Waals surface area contributed by atoms with Crippen molar-refractivity contribution in [3.05, 3.63) is 24.0 Å². The van der Waals surface area contributed by atoms with Crippen LogP contribution in [0.3, 0.4) is 0 Å². The second kappa shape index (κ2) is 5.33. The van der Waals surface area contributed by atoms with Crippen LogP contribution in [0.4, 0.5) is 5.82 Å². The summed E-state index contributed by atoms with van der Waals surface area (Å²) in [5, 5.41) is 7.47. The number of hydrogen-bond donors (Lipinski definition) is 1. The van der Waals surface area contributed by atoms with Crippen molar-refractivity contribution < 1.29 is 4.74 Å². The molecule has 92 valence electrons. The summed E-state index contributed by atoms with van der Waals surface area (Å²) in [7, 11) is 1.66. The summed E-state index contributed by atoms with van der Waals surface area (Å²) in [5.41, 5.74) is 1.94. The average molecular weight is 255 g/mol. The van der Waals surface area contributed by atoms with Crippen molar-refractivity contribution in [2.45, 2.75) is 13.0 Å². The third kappa shape index (κ3) is 2.68. The Morgan fingerprint density at radius 2 is 2.35 bits per heavy atom. The lowest BCUT2D eigenvalue weighted by Gasteiger charge is -2.17. The van der Waals surface area contributed by atoms with Crippen LogP contribution >= 0.6 is 11.6 Å². The smallest absolute Gasteiger partial charge is 0.157 e. The molecule has 0 aliphatic heterocycles. The highest BCUT2D eigenvalue weighted by molar-refractivity contribution is 6.18. The van der Waals surface area contributed by atoms with Gasteiger partial charge in [0, 0.05) is 13.0 Å². The number of nitrogens with zero attached hydrogens (tertiary/aromatic N) is 3. The van der Waals surface area contributed by atoms with Gasteiger partial charge in [0.25, 0.3) is 0 Å². The monoisotopic (exact) mass is 254 g/mol. The van der Waals surface area contributed by atoms with Crippen LogP contribution in [-0.2, 0) is 4.74 Å². The van der Waals surface area contributed by atoms with Gasteiger partial charge < -0.3 is 10.1 Å². The van der Waals surface area contributed by atoms with Crippen LogP contribution in [0.25, 0.3) is 5.65 Å². The molecule has 2 rings (SSSR count). The molecule has 1 N–H and O–H groups in total. The van der Waals surface area contributed by atoms with Gasteiger partial charge in [0.1, 0.15) is 12.1 Å². The van der Waals surface area contributed by atoms with Crippen molar-refractivity contribution in [1.29, 1.82) is 0 Å². The minimum absolute atomic E-state index is 0.0517. The molecule has 2 aromatic heterocycles. The maximum Gasteiger partial charge on any atom is 0.157 e. The molecule has 5 nitrogen and oxygen atoms in total. The number of ether oxygens (including phenoxy) is 1. The van der Waals surface area contributed by atoms with Gasteiger partial charge in [0.05, 0.1) is 12.6 Å². The SMILES string of the molecule is COCC(CCl)Nc1cc(C)cc2ncnn12. The van der Waals surface area contributed by atoms with E-state index in [4.69, 9.17) is 16.3 Å². The van der Waals surface area contributed by atoms with Gasteiger partial charge in [-0.3, -0.25) is 0 Å². The molecule has 0 amide bonds. The zero-order valence-corrected chi connectivity index (χ0v) is 10.6. The Morgan fingerprint density at radius 3 is 3.06 bits per heavy atom. The molecule has 17 heavy (non-hydrogen) atoms. The largest absolute Gasteiger partial charge is 0.383 e. The summed E-state index contributed by atoms with van der Waals surface area (Å²) in [4.78, 5) is 4.17. The Balaban J connectivity index is 2.30. The van der Waals surface area contributed by atoms with E-state index < -0.39 is 0 Å². The number of methoxy groups -OCH3 is 1. The Bertz CT molecular complexity index is 499. The topological polar surface area (TPSA) is 51.5 Å². The van der Waals surface area contributed by atoms with Crippen LogP contribution in [-0.4, -0.2) is 40.2 Å². The van der Waals surface area contributed by atoms with Gasteiger partial charge in [-0.25, -0.2) is 4.98 Å². The van der Waals surface area contributed by atoms with Crippen molar-refractivity contribution >= 4 is 23.1 Å². The number of anilines is 1. The van der Waals surface area contributed by atoms with E-state index in [0.717, 1.165) is 17.0 Å². The molecule has 0 radical (unpaired) electrons. The first-order valence-corrected chi connectivity index (χ1v) is 5.90. The van der Waals surface area contributed by atoms with Crippen molar-refractivity contribution in [2.24, 2.45) is 0 Å². The maximum atomic E-state index is 5.87. The number of alkyl halides is 1. The van der Waals surface area contributed by atoms with Crippen LogP contribution in [0.15, 0.2) is 18.5 Å². The average Bonchev–Trinajstić information content (AvgIpc) is 2.76. The van der Waals surface area contributed by atoms with Crippen molar-refractivity contribution in [3.8, 4) is 0 Å². The lowest BCUT2D eigenvalue weighted by atomic mass is 10.2. The van der Waals surface area contributed by atoms with Gasteiger partial charge in [0.15, 0.2) is 5.65 Å². The normalized spacial score (nSPS) is 12.9. The maximum absolute atomic E-state index is 5.87. The molecule has 6 heteroatoms. The number of aryl methyl sites for hydroxylation is 1. The predicted octanol–water partition coefficient (Wildman–Crippen LogP) is 1.70. The first kappa shape index (κ1) is 12.1. The number of pyridine rings is 1. The van der Waals surface area contributed by atoms with Crippen LogP contribution in [0.2, 0.25) is 0 Å². The molecule has 1 atom stereocenters. The second-order valence-corrected chi connectivity index (χ2v) is 4.21. The van der Waals surface area contributed by atoms with Crippen molar-refractivity contribution in [3.63, 3.8) is 0 Å². The molecular weight excluding hydrogens is 240 g/mol. The van der Waals surface area contributed by atoms with E-state index in [-0.39, 0.29) is 6.04 Å². The zero-order chi connectivity index (χ0) is 12.3. The van der Waals surface area contributed by atoms with Crippen molar-refractivity contribution in [2.75, 3.05) is 24.9 Å². The summed E-state index contributed by atoms with van der Waals surface area (Å²) >= 11 is 5.87. The van der Waals surface area contributed by atoms with E-state index in [1.54, 1.807) is 11.6 Å². The highest BCUT2D eigenvalue weighted by Gasteiger charge is 2.10. The summed E-state index contributed by atoms with van der Waals surface area (Å²) in [6.07, 6.45) is 1.53. The van der Waals surface area contributed by atoms with Crippen LogP contribution < -0.4 is 5.32 Å². The molecule has 0 saturated carbocycles. The number of rotatable bonds is 5. The standard InChI is InChI=1S/C11H15ClN4O/c1-8-3-10-13-7-14-16(10)11(4-8)15-9(5-12)6-17-2/h3-4,7,9,15H,5-6H2,1-2H3. The first-order valence-electron chi connectivity index (χ1n) is 5.36. The van der Waals surface area contributed by atoms with Gasteiger partial charge in [-0.1, -0.05) is 0 Å². The van der Waals surface area contributed by atoms with Gasteiger partial charge in [-0.05, 0) is 24.6 Å². The lowest BCUT2D eigenvalue weighted by molar-refractivity contribution is 0.191. The molecule has 0 aliphatic carbocycles. The fourth-order valence-corrected chi connectivity index (χ4v) is 1.86. The molecular formula is C11H15ClN4O. The molecule has 0 bridgehead atoms. The summed E-state index contributed by atoms with van der Waals surface area (Å²) < 4.78 is 6.85. The molecule has 1 unspecified atom stereocenters. The third-order valence-electron chi connectivity index (χ3n) is 2.43. The Hall–Kier alpha value is -1.33. The molecule has 0 saturated heterocycles. The summed E-state index contributed by atoms with van der Waals surface area (Å²) in [5.74, 6) is 1.35. The Morgan fingerprint density at radius 1 is 1.53 bits per heavy atom. The highest BCUT2D eigenvalue weighted by atomic mass is 35.5. The molecule has 0 fully saturated rings. The van der Waals surface area contributed by atoms with Crippen LogP contribution in [0, 0.1) is 6.92 Å². The van der Waals surface area contributed by atoms with E-state index in [2.05, 4.69) is 15.4 Å². The van der Waals surface area contributed by atoms with E-state index in [1.165, 1.54) is 6.33 Å². The molecule has 2 aromatic rings. The van der Waals surface area contributed by atoms with E-state index in [9.17, 15) is 0 Å². The third-order valence-corrected chi connectivity index (χ3v) is 2.80. The van der Waals surface area contributed by atoms with E-state index >= 15 is 0 Å². The van der Waals surface area contributed by atoms with E-state index in [0.29, 0.717) is 12.5 Å². The Kier molecular flexibility index (Phi) is 3.81. The fraction of sp³-hybridized carbons (Fsp3) is 0.455. The Labute approximate surface area is 105 Å². The van der Waals surface area contributed by atoms with Gasteiger partial charge >= 0.3 is 0 Å². The fourth-order valence-electron chi connectivity index (χ4n) is 1.69. The number of fused-ring (bicyclic) bond motifs is 1. The summed E-state index contributed by atoms with van der Waals surface area (Å²) in [6.45, 7) is 2.57. The number of aromatic nitrogens is 3. The number of nitrogens with one attached hydrogen (secondary N) is 1. The van der Waals surface area contributed by atoms with Gasteiger partial charge in [0.2, 0.25) is 0 Å². The predicted molar refractivity (Wildman–Crippen MR) is 67.7 cm³/mol. The second-order valence-electron chi connectivity index (χ2n) is 3.90. The minimum atomic E-state index is 0.0517.